The summed E-state index contributed by atoms with van der Waals surface area (Å²) < 4.78 is 4.81. The zero-order valence-electron chi connectivity index (χ0n) is 10.1. The molecule has 0 aliphatic carbocycles. The minimum atomic E-state index is -0.571. The lowest BCUT2D eigenvalue weighted by molar-refractivity contribution is -0.148. The molecule has 0 rings (SSSR count). The molecule has 0 aromatic heterocycles. The number of hydrogen-bond acceptors (Lipinski definition) is 3. The quantitative estimate of drug-likeness (QED) is 0.382. The molecule has 1 unspecified atom stereocenters. The highest BCUT2D eigenvalue weighted by Gasteiger charge is 2.32. The summed E-state index contributed by atoms with van der Waals surface area (Å²) in [5, 5.41) is 3.16. The van der Waals surface area contributed by atoms with Gasteiger partial charge in [-0.15, -0.1) is 6.58 Å². The van der Waals surface area contributed by atoms with Crippen LogP contribution in [0.25, 0.3) is 0 Å². The van der Waals surface area contributed by atoms with Crippen LogP contribution in [-0.4, -0.2) is 25.2 Å². The van der Waals surface area contributed by atoms with E-state index in [0.29, 0.717) is 6.54 Å². The van der Waals surface area contributed by atoms with Gasteiger partial charge in [-0.1, -0.05) is 32.3 Å². The van der Waals surface area contributed by atoms with Crippen LogP contribution < -0.4 is 5.32 Å². The molecule has 0 aromatic carbocycles. The number of ether oxygens (including phenoxy) is 1. The third-order valence-corrected chi connectivity index (χ3v) is 2.55. The van der Waals surface area contributed by atoms with Crippen molar-refractivity contribution in [1.29, 1.82) is 0 Å². The molecule has 0 aliphatic rings. The first-order valence-electron chi connectivity index (χ1n) is 5.55. The summed E-state index contributed by atoms with van der Waals surface area (Å²) in [6.45, 7) is 8.29. The van der Waals surface area contributed by atoms with Gasteiger partial charge in [0.05, 0.1) is 7.11 Å². The summed E-state index contributed by atoms with van der Waals surface area (Å²) in [6, 6.07) is 0. The monoisotopic (exact) mass is 213 g/mol. The van der Waals surface area contributed by atoms with Gasteiger partial charge < -0.3 is 4.74 Å². The summed E-state index contributed by atoms with van der Waals surface area (Å²) in [5.74, 6) is -0.194. The molecule has 1 N–H and O–H groups in total. The molecule has 88 valence electrons. The predicted octanol–water partition coefficient (Wildman–Crippen LogP) is 2.27. The second kappa shape index (κ2) is 7.46. The molecule has 1 atom stereocenters. The van der Waals surface area contributed by atoms with Crippen LogP contribution in [0.1, 0.15) is 39.5 Å². The average molecular weight is 213 g/mol. The first-order chi connectivity index (χ1) is 7.10. The number of hydrogen-bond donors (Lipinski definition) is 1. The predicted molar refractivity (Wildman–Crippen MR) is 62.8 cm³/mol. The Morgan fingerprint density at radius 1 is 1.53 bits per heavy atom. The first kappa shape index (κ1) is 14.2. The number of carbonyl (C=O) groups excluding carboxylic acids is 1. The van der Waals surface area contributed by atoms with Gasteiger partial charge in [-0.05, 0) is 13.3 Å². The van der Waals surface area contributed by atoms with Crippen LogP contribution in [0.15, 0.2) is 12.7 Å². The van der Waals surface area contributed by atoms with E-state index in [0.717, 1.165) is 25.7 Å². The van der Waals surface area contributed by atoms with Crippen molar-refractivity contribution in [3.8, 4) is 0 Å². The van der Waals surface area contributed by atoms with Gasteiger partial charge in [0, 0.05) is 6.54 Å². The van der Waals surface area contributed by atoms with Crippen molar-refractivity contribution in [2.45, 2.75) is 45.1 Å². The maximum atomic E-state index is 11.6. The topological polar surface area (TPSA) is 38.3 Å². The summed E-state index contributed by atoms with van der Waals surface area (Å²) in [4.78, 5) is 11.6. The smallest absolute Gasteiger partial charge is 0.325 e. The third-order valence-electron chi connectivity index (χ3n) is 2.55. The lowest BCUT2D eigenvalue weighted by Gasteiger charge is -2.27. The number of methoxy groups -OCH3 is 1. The van der Waals surface area contributed by atoms with Crippen molar-refractivity contribution < 1.29 is 9.53 Å². The molecule has 0 aromatic rings. The second-order valence-electron chi connectivity index (χ2n) is 3.95. The SMILES string of the molecule is C=CCNC(C)(CCCCC)C(=O)OC. The van der Waals surface area contributed by atoms with Crippen molar-refractivity contribution in [2.75, 3.05) is 13.7 Å². The van der Waals surface area contributed by atoms with E-state index in [1.54, 1.807) is 6.08 Å². The standard InChI is InChI=1S/C12H23NO2/c1-5-7-8-9-12(3,11(14)15-4)13-10-6-2/h6,13H,2,5,7-10H2,1,3-4H3. The van der Waals surface area contributed by atoms with Crippen molar-refractivity contribution in [3.63, 3.8) is 0 Å². The molecular weight excluding hydrogens is 190 g/mol. The zero-order valence-corrected chi connectivity index (χ0v) is 10.1. The summed E-state index contributed by atoms with van der Waals surface area (Å²) in [5.41, 5.74) is -0.571. The second-order valence-corrected chi connectivity index (χ2v) is 3.95. The fourth-order valence-corrected chi connectivity index (χ4v) is 1.51. The summed E-state index contributed by atoms with van der Waals surface area (Å²) >= 11 is 0. The molecule has 0 spiro atoms. The number of nitrogens with one attached hydrogen (secondary N) is 1. The van der Waals surface area contributed by atoms with E-state index in [2.05, 4.69) is 18.8 Å². The van der Waals surface area contributed by atoms with E-state index in [1.165, 1.54) is 7.11 Å². The molecule has 0 fully saturated rings. The molecule has 15 heavy (non-hydrogen) atoms. The lowest BCUT2D eigenvalue weighted by atomic mass is 9.94. The molecule has 0 bridgehead atoms. The Kier molecular flexibility index (Phi) is 7.05. The van der Waals surface area contributed by atoms with Crippen molar-refractivity contribution in [2.24, 2.45) is 0 Å². The van der Waals surface area contributed by atoms with E-state index < -0.39 is 5.54 Å². The van der Waals surface area contributed by atoms with Gasteiger partial charge in [0.25, 0.3) is 0 Å². The minimum absolute atomic E-state index is 0.194. The first-order valence-corrected chi connectivity index (χ1v) is 5.55. The average Bonchev–Trinajstić information content (AvgIpc) is 2.25. The summed E-state index contributed by atoms with van der Waals surface area (Å²) in [6.07, 6.45) is 5.88. The van der Waals surface area contributed by atoms with Crippen LogP contribution in [-0.2, 0) is 9.53 Å². The molecule has 0 saturated carbocycles. The molecular formula is C12H23NO2. The number of unbranched alkanes of at least 4 members (excludes halogenated alkanes) is 2. The van der Waals surface area contributed by atoms with Gasteiger partial charge in [-0.3, -0.25) is 10.1 Å². The van der Waals surface area contributed by atoms with Crippen molar-refractivity contribution >= 4 is 5.97 Å². The molecule has 0 heterocycles. The molecule has 0 aliphatic heterocycles. The van der Waals surface area contributed by atoms with E-state index in [-0.39, 0.29) is 5.97 Å². The van der Waals surface area contributed by atoms with Gasteiger partial charge in [0.1, 0.15) is 5.54 Å². The molecule has 0 saturated heterocycles. The summed E-state index contributed by atoms with van der Waals surface area (Å²) in [7, 11) is 1.43. The Morgan fingerprint density at radius 3 is 2.67 bits per heavy atom. The maximum absolute atomic E-state index is 11.6. The van der Waals surface area contributed by atoms with E-state index >= 15 is 0 Å². The maximum Gasteiger partial charge on any atom is 0.325 e. The Bertz CT molecular complexity index is 204. The lowest BCUT2D eigenvalue weighted by Crippen LogP contribution is -2.50. The molecule has 3 nitrogen and oxygen atoms in total. The van der Waals surface area contributed by atoms with Gasteiger partial charge in [-0.2, -0.15) is 0 Å². The van der Waals surface area contributed by atoms with Crippen LogP contribution in [0.2, 0.25) is 0 Å². The molecule has 0 amide bonds. The van der Waals surface area contributed by atoms with E-state index in [4.69, 9.17) is 4.74 Å². The normalized spacial score (nSPS) is 14.3. The highest BCUT2D eigenvalue weighted by atomic mass is 16.5. The molecule has 0 radical (unpaired) electrons. The van der Waals surface area contributed by atoms with Crippen LogP contribution >= 0.6 is 0 Å². The highest BCUT2D eigenvalue weighted by molar-refractivity contribution is 5.80. The number of rotatable bonds is 8. The Balaban J connectivity index is 4.26. The van der Waals surface area contributed by atoms with Gasteiger partial charge in [0.2, 0.25) is 0 Å². The zero-order chi connectivity index (χ0) is 11.7. The Hall–Kier alpha value is -0.830. The largest absolute Gasteiger partial charge is 0.468 e. The highest BCUT2D eigenvalue weighted by Crippen LogP contribution is 2.16. The van der Waals surface area contributed by atoms with Crippen molar-refractivity contribution in [3.05, 3.63) is 12.7 Å². The molecule has 3 heteroatoms. The van der Waals surface area contributed by atoms with Gasteiger partial charge in [0.15, 0.2) is 0 Å². The fourth-order valence-electron chi connectivity index (χ4n) is 1.51. The van der Waals surface area contributed by atoms with E-state index in [9.17, 15) is 4.79 Å². The number of carbonyl (C=O) groups is 1. The van der Waals surface area contributed by atoms with Gasteiger partial charge in [-0.25, -0.2) is 0 Å². The van der Waals surface area contributed by atoms with Crippen LogP contribution in [0, 0.1) is 0 Å². The van der Waals surface area contributed by atoms with E-state index in [1.807, 2.05) is 6.92 Å². The Labute approximate surface area is 92.9 Å². The van der Waals surface area contributed by atoms with Crippen molar-refractivity contribution in [1.82, 2.24) is 5.32 Å². The van der Waals surface area contributed by atoms with Crippen LogP contribution in [0.5, 0.6) is 0 Å². The van der Waals surface area contributed by atoms with Gasteiger partial charge >= 0.3 is 5.97 Å². The fraction of sp³-hybridized carbons (Fsp3) is 0.750. The Morgan fingerprint density at radius 2 is 2.20 bits per heavy atom. The number of esters is 1. The van der Waals surface area contributed by atoms with Crippen LogP contribution in [0.3, 0.4) is 0 Å². The third kappa shape index (κ3) is 4.98. The minimum Gasteiger partial charge on any atom is -0.468 e. The van der Waals surface area contributed by atoms with Crippen LogP contribution in [0.4, 0.5) is 0 Å².